The molecule has 0 amide bonds. The van der Waals surface area contributed by atoms with E-state index >= 15 is 0 Å². The Morgan fingerprint density at radius 3 is 3.00 bits per heavy atom. The molecule has 1 aliphatic rings. The van der Waals surface area contributed by atoms with E-state index in [1.165, 1.54) is 11.1 Å². The number of hydrogen-bond donors (Lipinski definition) is 1. The van der Waals surface area contributed by atoms with Crippen LogP contribution in [0.5, 0.6) is 0 Å². The second-order valence-electron chi connectivity index (χ2n) is 4.05. The summed E-state index contributed by atoms with van der Waals surface area (Å²) in [5, 5.41) is 3.30. The molecule has 0 bridgehead atoms. The minimum atomic E-state index is 0.133. The minimum Gasteiger partial charge on any atom is -0.496 e. The number of hydrogen-bond acceptors (Lipinski definition) is 3. The number of ether oxygens (including phenoxy) is 1. The summed E-state index contributed by atoms with van der Waals surface area (Å²) in [5.74, 6) is 1.03. The van der Waals surface area contributed by atoms with Crippen molar-refractivity contribution in [1.82, 2.24) is 10.3 Å². The maximum atomic E-state index is 5.71. The van der Waals surface area contributed by atoms with Crippen molar-refractivity contribution in [2.24, 2.45) is 0 Å². The average molecular weight is 218 g/mol. The van der Waals surface area contributed by atoms with Crippen molar-refractivity contribution < 1.29 is 4.74 Å². The Labute approximate surface area is 96.5 Å². The van der Waals surface area contributed by atoms with E-state index < -0.39 is 0 Å². The van der Waals surface area contributed by atoms with Crippen LogP contribution in [-0.2, 0) is 4.74 Å². The molecule has 0 aromatic carbocycles. The summed E-state index contributed by atoms with van der Waals surface area (Å²) in [6.45, 7) is 2.92. The molecule has 1 aromatic heterocycles. The van der Waals surface area contributed by atoms with Gasteiger partial charge in [-0.05, 0) is 50.1 Å². The number of pyridine rings is 1. The van der Waals surface area contributed by atoms with E-state index in [-0.39, 0.29) is 6.04 Å². The highest BCUT2D eigenvalue weighted by Gasteiger charge is 2.19. The van der Waals surface area contributed by atoms with Gasteiger partial charge in [0.1, 0.15) is 5.76 Å². The first kappa shape index (κ1) is 11.1. The van der Waals surface area contributed by atoms with Crippen LogP contribution in [0.15, 0.2) is 30.3 Å². The third-order valence-electron chi connectivity index (χ3n) is 2.93. The SMILES string of the molecule is CNC(C1=CCCCO1)c1cnccc1C. The molecule has 16 heavy (non-hydrogen) atoms. The predicted molar refractivity (Wildman–Crippen MR) is 64.0 cm³/mol. The molecule has 2 heterocycles. The zero-order valence-corrected chi connectivity index (χ0v) is 9.86. The van der Waals surface area contributed by atoms with Crippen LogP contribution in [0, 0.1) is 6.92 Å². The van der Waals surface area contributed by atoms with Crippen molar-refractivity contribution in [3.8, 4) is 0 Å². The minimum absolute atomic E-state index is 0.133. The van der Waals surface area contributed by atoms with E-state index in [0.717, 1.165) is 25.2 Å². The summed E-state index contributed by atoms with van der Waals surface area (Å²) in [6, 6.07) is 2.16. The zero-order chi connectivity index (χ0) is 11.4. The molecule has 3 nitrogen and oxygen atoms in total. The molecule has 1 unspecified atom stereocenters. The van der Waals surface area contributed by atoms with E-state index in [1.54, 1.807) is 0 Å². The van der Waals surface area contributed by atoms with E-state index in [0.29, 0.717) is 0 Å². The van der Waals surface area contributed by atoms with E-state index in [4.69, 9.17) is 4.74 Å². The Morgan fingerprint density at radius 2 is 2.38 bits per heavy atom. The molecule has 2 rings (SSSR count). The van der Waals surface area contributed by atoms with Crippen LogP contribution >= 0.6 is 0 Å². The van der Waals surface area contributed by atoms with Crippen LogP contribution in [0.1, 0.15) is 30.0 Å². The van der Waals surface area contributed by atoms with E-state index in [9.17, 15) is 0 Å². The Balaban J connectivity index is 2.28. The number of nitrogens with one attached hydrogen (secondary N) is 1. The molecular weight excluding hydrogens is 200 g/mol. The van der Waals surface area contributed by atoms with Gasteiger partial charge in [0, 0.05) is 12.4 Å². The molecule has 1 atom stereocenters. The average Bonchev–Trinajstić information content (AvgIpc) is 2.34. The molecule has 1 aromatic rings. The fourth-order valence-corrected chi connectivity index (χ4v) is 2.01. The second-order valence-corrected chi connectivity index (χ2v) is 4.05. The molecule has 0 saturated carbocycles. The van der Waals surface area contributed by atoms with Crippen molar-refractivity contribution in [2.45, 2.75) is 25.8 Å². The Hall–Kier alpha value is -1.35. The molecule has 86 valence electrons. The molecule has 0 saturated heterocycles. The standard InChI is InChI=1S/C13H18N2O/c1-10-6-7-15-9-11(10)13(14-2)12-5-3-4-8-16-12/h5-7,9,13-14H,3-4,8H2,1-2H3. The largest absolute Gasteiger partial charge is 0.496 e. The van der Waals surface area contributed by atoms with Gasteiger partial charge in [0.2, 0.25) is 0 Å². The smallest absolute Gasteiger partial charge is 0.113 e. The third-order valence-corrected chi connectivity index (χ3v) is 2.93. The predicted octanol–water partition coefficient (Wildman–Crippen LogP) is 2.34. The summed E-state index contributed by atoms with van der Waals surface area (Å²) in [7, 11) is 1.95. The van der Waals surface area contributed by atoms with Crippen LogP contribution in [0.3, 0.4) is 0 Å². The van der Waals surface area contributed by atoms with Crippen molar-refractivity contribution in [2.75, 3.05) is 13.7 Å². The van der Waals surface area contributed by atoms with Gasteiger partial charge in [-0.3, -0.25) is 4.98 Å². The van der Waals surface area contributed by atoms with Crippen LogP contribution in [0.2, 0.25) is 0 Å². The molecule has 1 N–H and O–H groups in total. The van der Waals surface area contributed by atoms with Gasteiger partial charge in [0.15, 0.2) is 0 Å². The topological polar surface area (TPSA) is 34.1 Å². The summed E-state index contributed by atoms with van der Waals surface area (Å²) in [5.41, 5.74) is 2.43. The Kier molecular flexibility index (Phi) is 3.57. The van der Waals surface area contributed by atoms with Gasteiger partial charge in [0.25, 0.3) is 0 Å². The first-order chi connectivity index (χ1) is 7.83. The van der Waals surface area contributed by atoms with Crippen LogP contribution in [-0.4, -0.2) is 18.6 Å². The van der Waals surface area contributed by atoms with Crippen LogP contribution < -0.4 is 5.32 Å². The van der Waals surface area contributed by atoms with Gasteiger partial charge in [-0.15, -0.1) is 0 Å². The lowest BCUT2D eigenvalue weighted by Gasteiger charge is -2.24. The van der Waals surface area contributed by atoms with E-state index in [2.05, 4.69) is 23.3 Å². The first-order valence-electron chi connectivity index (χ1n) is 5.73. The maximum absolute atomic E-state index is 5.71. The fraction of sp³-hybridized carbons (Fsp3) is 0.462. The molecule has 3 heteroatoms. The van der Waals surface area contributed by atoms with Gasteiger partial charge in [-0.1, -0.05) is 0 Å². The van der Waals surface area contributed by atoms with Gasteiger partial charge in [0.05, 0.1) is 12.6 Å². The zero-order valence-electron chi connectivity index (χ0n) is 9.86. The summed E-state index contributed by atoms with van der Waals surface area (Å²) in [4.78, 5) is 4.19. The van der Waals surface area contributed by atoms with E-state index in [1.807, 2.05) is 25.5 Å². The molecule has 0 aliphatic carbocycles. The Bertz CT molecular complexity index is 387. The van der Waals surface area contributed by atoms with Gasteiger partial charge >= 0.3 is 0 Å². The number of nitrogens with zero attached hydrogens (tertiary/aromatic N) is 1. The molecule has 0 fully saturated rings. The highest BCUT2D eigenvalue weighted by molar-refractivity contribution is 5.30. The second kappa shape index (κ2) is 5.12. The molecule has 0 spiro atoms. The number of rotatable bonds is 3. The van der Waals surface area contributed by atoms with Crippen molar-refractivity contribution in [3.63, 3.8) is 0 Å². The Morgan fingerprint density at radius 1 is 1.50 bits per heavy atom. The number of likely N-dealkylation sites (N-methyl/N-ethyl adjacent to an activating group) is 1. The van der Waals surface area contributed by atoms with Gasteiger partial charge in [-0.2, -0.15) is 0 Å². The molecular formula is C13H18N2O. The molecule has 0 radical (unpaired) electrons. The number of aryl methyl sites for hydroxylation is 1. The monoisotopic (exact) mass is 218 g/mol. The third kappa shape index (κ3) is 2.25. The van der Waals surface area contributed by atoms with Crippen molar-refractivity contribution in [1.29, 1.82) is 0 Å². The summed E-state index contributed by atoms with van der Waals surface area (Å²) < 4.78 is 5.71. The number of allylic oxidation sites excluding steroid dienone is 1. The highest BCUT2D eigenvalue weighted by atomic mass is 16.5. The van der Waals surface area contributed by atoms with Crippen molar-refractivity contribution in [3.05, 3.63) is 41.4 Å². The lowest BCUT2D eigenvalue weighted by atomic mass is 10.0. The normalized spacial score (nSPS) is 17.5. The lowest BCUT2D eigenvalue weighted by Crippen LogP contribution is -2.23. The van der Waals surface area contributed by atoms with Crippen LogP contribution in [0.4, 0.5) is 0 Å². The van der Waals surface area contributed by atoms with Gasteiger partial charge in [-0.25, -0.2) is 0 Å². The highest BCUT2D eigenvalue weighted by Crippen LogP contribution is 2.27. The maximum Gasteiger partial charge on any atom is 0.113 e. The molecule has 1 aliphatic heterocycles. The summed E-state index contributed by atoms with van der Waals surface area (Å²) >= 11 is 0. The number of aromatic nitrogens is 1. The fourth-order valence-electron chi connectivity index (χ4n) is 2.01. The van der Waals surface area contributed by atoms with Gasteiger partial charge < -0.3 is 10.1 Å². The lowest BCUT2D eigenvalue weighted by molar-refractivity contribution is 0.169. The van der Waals surface area contributed by atoms with Crippen LogP contribution in [0.25, 0.3) is 0 Å². The van der Waals surface area contributed by atoms with Crippen molar-refractivity contribution >= 4 is 0 Å². The quantitative estimate of drug-likeness (QED) is 0.845. The first-order valence-corrected chi connectivity index (χ1v) is 5.73. The summed E-state index contributed by atoms with van der Waals surface area (Å²) in [6.07, 6.45) is 8.13.